The van der Waals surface area contributed by atoms with E-state index < -0.39 is 0 Å². The Bertz CT molecular complexity index is 4320. The van der Waals surface area contributed by atoms with Gasteiger partial charge < -0.3 is 9.32 Å². The number of hydrogen-bond donors (Lipinski definition) is 0. The Hall–Kier alpha value is -9.24. The van der Waals surface area contributed by atoms with Crippen LogP contribution in [0.15, 0.2) is 265 Å². The van der Waals surface area contributed by atoms with E-state index in [1.54, 1.807) is 0 Å². The first-order valence-electron chi connectivity index (χ1n) is 24.1. The number of anilines is 3. The van der Waals surface area contributed by atoms with Crippen molar-refractivity contribution in [2.45, 2.75) is 0 Å². The Balaban J connectivity index is 0.982. The normalized spacial score (nSPS) is 11.7. The average Bonchev–Trinajstić information content (AvgIpc) is 3.84. The standard InChI is InChI=1S/C68H43NO/c1-2-17-45(18-3-1)51-22-6-7-23-52(51)47-20-16-21-50(41-47)69(49-36-33-44(34-37-49)46-35-38-60-57-28-10-9-26-55(57)56-27-11-13-30-59(56)63(60)42-46)65-40-39-61(68-67(65)62-31-14-15-32-66(62)70-68)64-43-48-19-4-5-24-53(48)54-25-8-12-29-58(54)64/h1-43H. The van der Waals surface area contributed by atoms with Crippen molar-refractivity contribution in [3.8, 4) is 44.5 Å². The summed E-state index contributed by atoms with van der Waals surface area (Å²) in [7, 11) is 0. The molecule has 1 aromatic heterocycles. The third-order valence-corrected chi connectivity index (χ3v) is 14.4. The topological polar surface area (TPSA) is 16.4 Å². The van der Waals surface area contributed by atoms with E-state index in [4.69, 9.17) is 4.42 Å². The summed E-state index contributed by atoms with van der Waals surface area (Å²) in [4.78, 5) is 2.42. The van der Waals surface area contributed by atoms with Crippen LogP contribution in [0.2, 0.25) is 0 Å². The second-order valence-electron chi connectivity index (χ2n) is 18.3. The maximum absolute atomic E-state index is 7.06. The lowest BCUT2D eigenvalue weighted by Gasteiger charge is -2.27. The molecule has 0 saturated heterocycles. The largest absolute Gasteiger partial charge is 0.455 e. The molecular weight excluding hydrogens is 847 g/mol. The minimum atomic E-state index is 0.855. The Kier molecular flexibility index (Phi) is 9.25. The van der Waals surface area contributed by atoms with Crippen LogP contribution < -0.4 is 4.90 Å². The van der Waals surface area contributed by atoms with Gasteiger partial charge in [-0.1, -0.05) is 206 Å². The first kappa shape index (κ1) is 39.9. The molecular formula is C68H43NO. The summed E-state index contributed by atoms with van der Waals surface area (Å²) in [6.45, 7) is 0. The molecule has 14 rings (SSSR count). The van der Waals surface area contributed by atoms with Crippen molar-refractivity contribution in [3.63, 3.8) is 0 Å². The van der Waals surface area contributed by atoms with Gasteiger partial charge in [-0.25, -0.2) is 0 Å². The summed E-state index contributed by atoms with van der Waals surface area (Å²) in [5, 5.41) is 14.7. The molecule has 326 valence electrons. The number of furan rings is 1. The number of para-hydroxylation sites is 1. The molecule has 0 fully saturated rings. The molecule has 0 spiro atoms. The predicted molar refractivity (Wildman–Crippen MR) is 298 cm³/mol. The molecule has 14 aromatic rings. The van der Waals surface area contributed by atoms with Crippen LogP contribution in [-0.4, -0.2) is 0 Å². The number of benzene rings is 13. The fraction of sp³-hybridized carbons (Fsp3) is 0. The highest BCUT2D eigenvalue weighted by molar-refractivity contribution is 6.26. The molecule has 1 heterocycles. The number of rotatable bonds is 7. The van der Waals surface area contributed by atoms with E-state index in [1.165, 1.54) is 76.1 Å². The highest BCUT2D eigenvalue weighted by Crippen LogP contribution is 2.49. The van der Waals surface area contributed by atoms with E-state index in [-0.39, 0.29) is 0 Å². The summed E-state index contributed by atoms with van der Waals surface area (Å²) < 4.78 is 7.06. The smallest absolute Gasteiger partial charge is 0.145 e. The van der Waals surface area contributed by atoms with Crippen molar-refractivity contribution in [1.82, 2.24) is 0 Å². The molecule has 2 nitrogen and oxygen atoms in total. The van der Waals surface area contributed by atoms with Crippen LogP contribution in [0.1, 0.15) is 0 Å². The van der Waals surface area contributed by atoms with Crippen LogP contribution >= 0.6 is 0 Å². The van der Waals surface area contributed by atoms with Gasteiger partial charge in [-0.2, -0.15) is 0 Å². The summed E-state index contributed by atoms with van der Waals surface area (Å²) >= 11 is 0. The quantitative estimate of drug-likeness (QED) is 0.148. The van der Waals surface area contributed by atoms with Gasteiger partial charge in [0.2, 0.25) is 0 Å². The van der Waals surface area contributed by atoms with Crippen LogP contribution in [0.5, 0.6) is 0 Å². The molecule has 0 aliphatic carbocycles. The maximum Gasteiger partial charge on any atom is 0.145 e. The van der Waals surface area contributed by atoms with Crippen molar-refractivity contribution in [2.24, 2.45) is 0 Å². The van der Waals surface area contributed by atoms with Crippen LogP contribution in [0.25, 0.3) is 120 Å². The van der Waals surface area contributed by atoms with Crippen molar-refractivity contribution in [2.75, 3.05) is 4.90 Å². The van der Waals surface area contributed by atoms with Gasteiger partial charge in [0, 0.05) is 22.3 Å². The second-order valence-corrected chi connectivity index (χ2v) is 18.3. The zero-order valence-corrected chi connectivity index (χ0v) is 38.2. The average molecular weight is 890 g/mol. The third-order valence-electron chi connectivity index (χ3n) is 14.4. The van der Waals surface area contributed by atoms with Gasteiger partial charge in [0.05, 0.1) is 11.1 Å². The summed E-state index contributed by atoms with van der Waals surface area (Å²) in [5.74, 6) is 0. The zero-order chi connectivity index (χ0) is 46.1. The van der Waals surface area contributed by atoms with Gasteiger partial charge in [-0.05, 0) is 147 Å². The van der Waals surface area contributed by atoms with Crippen molar-refractivity contribution < 1.29 is 4.42 Å². The Morgan fingerprint density at radius 1 is 0.257 bits per heavy atom. The third kappa shape index (κ3) is 6.42. The van der Waals surface area contributed by atoms with Gasteiger partial charge in [0.25, 0.3) is 0 Å². The lowest BCUT2D eigenvalue weighted by molar-refractivity contribution is 0.670. The minimum Gasteiger partial charge on any atom is -0.455 e. The van der Waals surface area contributed by atoms with Crippen LogP contribution in [0, 0.1) is 0 Å². The Morgan fingerprint density at radius 3 is 1.53 bits per heavy atom. The predicted octanol–water partition coefficient (Wildman–Crippen LogP) is 19.5. The van der Waals surface area contributed by atoms with E-state index in [0.717, 1.165) is 61.3 Å². The van der Waals surface area contributed by atoms with Gasteiger partial charge in [-0.3, -0.25) is 0 Å². The maximum atomic E-state index is 7.06. The summed E-state index contributed by atoms with van der Waals surface area (Å²) in [5.41, 5.74) is 14.1. The summed E-state index contributed by atoms with van der Waals surface area (Å²) in [6, 6.07) is 94.9. The van der Waals surface area contributed by atoms with E-state index in [0.29, 0.717) is 0 Å². The first-order chi connectivity index (χ1) is 34.7. The number of nitrogens with zero attached hydrogens (tertiary/aromatic N) is 1. The van der Waals surface area contributed by atoms with E-state index in [9.17, 15) is 0 Å². The molecule has 0 aliphatic heterocycles. The highest BCUT2D eigenvalue weighted by Gasteiger charge is 2.24. The number of fused-ring (bicyclic) bond motifs is 12. The molecule has 0 aliphatic rings. The molecule has 0 N–H and O–H groups in total. The fourth-order valence-corrected chi connectivity index (χ4v) is 11.2. The monoisotopic (exact) mass is 889 g/mol. The van der Waals surface area contributed by atoms with Gasteiger partial charge in [-0.15, -0.1) is 0 Å². The summed E-state index contributed by atoms with van der Waals surface area (Å²) in [6.07, 6.45) is 0. The van der Waals surface area contributed by atoms with Gasteiger partial charge >= 0.3 is 0 Å². The Labute approximate surface area is 405 Å². The van der Waals surface area contributed by atoms with E-state index in [2.05, 4.69) is 266 Å². The SMILES string of the molecule is c1ccc(-c2ccccc2-c2cccc(N(c3ccc(-c4ccc5c6ccccc6c6ccccc6c5c4)cc3)c3ccc(-c4cc5ccccc5c5ccccc45)c4oc5ccccc5c34)c2)cc1. The van der Waals surface area contributed by atoms with Crippen LogP contribution in [0.3, 0.4) is 0 Å². The second kappa shape index (κ2) is 16.2. The van der Waals surface area contributed by atoms with Crippen molar-refractivity contribution in [3.05, 3.63) is 261 Å². The molecule has 13 aromatic carbocycles. The van der Waals surface area contributed by atoms with E-state index in [1.807, 2.05) is 0 Å². The van der Waals surface area contributed by atoms with Gasteiger partial charge in [0.15, 0.2) is 0 Å². The number of hydrogen-bond acceptors (Lipinski definition) is 2. The fourth-order valence-electron chi connectivity index (χ4n) is 11.2. The minimum absolute atomic E-state index is 0.855. The molecule has 0 atom stereocenters. The molecule has 2 heteroatoms. The molecule has 0 amide bonds. The lowest BCUT2D eigenvalue weighted by atomic mass is 9.91. The first-order valence-corrected chi connectivity index (χ1v) is 24.1. The van der Waals surface area contributed by atoms with Crippen molar-refractivity contribution in [1.29, 1.82) is 0 Å². The molecule has 0 unspecified atom stereocenters. The molecule has 0 saturated carbocycles. The highest BCUT2D eigenvalue weighted by atomic mass is 16.3. The van der Waals surface area contributed by atoms with E-state index >= 15 is 0 Å². The van der Waals surface area contributed by atoms with Crippen LogP contribution in [0.4, 0.5) is 17.1 Å². The molecule has 70 heavy (non-hydrogen) atoms. The van der Waals surface area contributed by atoms with Crippen molar-refractivity contribution >= 4 is 92.9 Å². The Morgan fingerprint density at radius 2 is 0.800 bits per heavy atom. The zero-order valence-electron chi connectivity index (χ0n) is 38.2. The van der Waals surface area contributed by atoms with Gasteiger partial charge in [0.1, 0.15) is 11.2 Å². The molecule has 0 radical (unpaired) electrons. The molecule has 0 bridgehead atoms. The van der Waals surface area contributed by atoms with Crippen LogP contribution in [-0.2, 0) is 0 Å². The lowest BCUT2D eigenvalue weighted by Crippen LogP contribution is -2.10.